The number of carbonyl (C=O) groups is 1. The normalized spacial score (nSPS) is 19.9. The number of rotatable bonds is 4. The lowest BCUT2D eigenvalue weighted by atomic mass is 9.86. The first-order valence-corrected chi connectivity index (χ1v) is 10.2. The average molecular weight is 368 g/mol. The molecule has 1 aliphatic rings. The maximum absolute atomic E-state index is 12.4. The van der Waals surface area contributed by atoms with Gasteiger partial charge >= 0.3 is 0 Å². The summed E-state index contributed by atoms with van der Waals surface area (Å²) in [6.07, 6.45) is 4.69. The SMILES string of the molecule is Cc1ccc2cc(C#N)c(SCC(=O)N[C@H]3CCCC[C@@H]3C)nc2c1C. The maximum Gasteiger partial charge on any atom is 0.230 e. The molecule has 0 spiro atoms. The Balaban J connectivity index is 1.74. The molecule has 0 unspecified atom stereocenters. The van der Waals surface area contributed by atoms with Gasteiger partial charge in [0.25, 0.3) is 0 Å². The fourth-order valence-corrected chi connectivity index (χ4v) is 4.34. The molecule has 26 heavy (non-hydrogen) atoms. The van der Waals surface area contributed by atoms with E-state index in [1.165, 1.54) is 36.6 Å². The van der Waals surface area contributed by atoms with Crippen molar-refractivity contribution in [1.29, 1.82) is 5.26 Å². The van der Waals surface area contributed by atoms with Crippen LogP contribution in [0.25, 0.3) is 10.9 Å². The third-order valence-corrected chi connectivity index (χ3v) is 6.39. The zero-order chi connectivity index (χ0) is 18.7. The molecule has 0 bridgehead atoms. The molecule has 5 heteroatoms. The van der Waals surface area contributed by atoms with Gasteiger partial charge in [-0.3, -0.25) is 4.79 Å². The van der Waals surface area contributed by atoms with E-state index in [0.29, 0.717) is 22.3 Å². The van der Waals surface area contributed by atoms with Crippen LogP contribution < -0.4 is 5.32 Å². The van der Waals surface area contributed by atoms with Crippen molar-refractivity contribution >= 4 is 28.6 Å². The minimum Gasteiger partial charge on any atom is -0.352 e. The summed E-state index contributed by atoms with van der Waals surface area (Å²) in [5.74, 6) is 0.860. The Labute approximate surface area is 159 Å². The van der Waals surface area contributed by atoms with Gasteiger partial charge in [0.15, 0.2) is 0 Å². The summed E-state index contributed by atoms with van der Waals surface area (Å²) < 4.78 is 0. The number of aromatic nitrogens is 1. The average Bonchev–Trinajstić information content (AvgIpc) is 2.64. The molecule has 1 aromatic carbocycles. The minimum absolute atomic E-state index is 0.0282. The quantitative estimate of drug-likeness (QED) is 0.808. The Hall–Kier alpha value is -2.06. The van der Waals surface area contributed by atoms with Gasteiger partial charge < -0.3 is 5.32 Å². The minimum atomic E-state index is 0.0282. The highest BCUT2D eigenvalue weighted by atomic mass is 32.2. The van der Waals surface area contributed by atoms with Crippen molar-refractivity contribution in [2.75, 3.05) is 5.75 Å². The topological polar surface area (TPSA) is 65.8 Å². The number of benzene rings is 1. The first kappa shape index (κ1) is 18.7. The van der Waals surface area contributed by atoms with Gasteiger partial charge in [-0.1, -0.05) is 43.7 Å². The van der Waals surface area contributed by atoms with Crippen LogP contribution in [0.4, 0.5) is 0 Å². The van der Waals surface area contributed by atoms with Crippen molar-refractivity contribution in [2.45, 2.75) is 57.5 Å². The van der Waals surface area contributed by atoms with Gasteiger partial charge in [-0.15, -0.1) is 0 Å². The van der Waals surface area contributed by atoms with Crippen LogP contribution in [0.15, 0.2) is 23.2 Å². The molecule has 1 fully saturated rings. The Bertz CT molecular complexity index is 872. The first-order chi connectivity index (χ1) is 12.5. The first-order valence-electron chi connectivity index (χ1n) is 9.23. The number of nitriles is 1. The number of aryl methyl sites for hydroxylation is 2. The van der Waals surface area contributed by atoms with Crippen LogP contribution in [-0.2, 0) is 4.79 Å². The summed E-state index contributed by atoms with van der Waals surface area (Å²) >= 11 is 1.35. The van der Waals surface area contributed by atoms with E-state index in [9.17, 15) is 10.1 Å². The summed E-state index contributed by atoms with van der Waals surface area (Å²) in [5.41, 5.74) is 3.74. The fraction of sp³-hybridized carbons (Fsp3) is 0.476. The third kappa shape index (κ3) is 4.02. The van der Waals surface area contributed by atoms with E-state index in [4.69, 9.17) is 4.98 Å². The zero-order valence-electron chi connectivity index (χ0n) is 15.6. The fourth-order valence-electron chi connectivity index (χ4n) is 3.57. The monoisotopic (exact) mass is 367 g/mol. The molecule has 1 amide bonds. The van der Waals surface area contributed by atoms with E-state index >= 15 is 0 Å². The molecule has 2 atom stereocenters. The number of pyridine rings is 1. The zero-order valence-corrected chi connectivity index (χ0v) is 16.4. The summed E-state index contributed by atoms with van der Waals surface area (Å²) in [4.78, 5) is 17.1. The van der Waals surface area contributed by atoms with Gasteiger partial charge in [0, 0.05) is 11.4 Å². The van der Waals surface area contributed by atoms with Gasteiger partial charge in [0.2, 0.25) is 5.91 Å². The van der Waals surface area contributed by atoms with Gasteiger partial charge in [-0.2, -0.15) is 5.26 Å². The van der Waals surface area contributed by atoms with E-state index in [0.717, 1.165) is 22.9 Å². The van der Waals surface area contributed by atoms with E-state index in [1.807, 2.05) is 25.1 Å². The number of thioether (sulfide) groups is 1. The number of amides is 1. The van der Waals surface area contributed by atoms with Gasteiger partial charge in [0.05, 0.1) is 16.8 Å². The maximum atomic E-state index is 12.4. The van der Waals surface area contributed by atoms with Crippen molar-refractivity contribution in [3.05, 3.63) is 34.9 Å². The number of fused-ring (bicyclic) bond motifs is 1. The van der Waals surface area contributed by atoms with Gasteiger partial charge in [0.1, 0.15) is 11.1 Å². The Morgan fingerprint density at radius 3 is 2.85 bits per heavy atom. The molecule has 0 aliphatic heterocycles. The summed E-state index contributed by atoms with van der Waals surface area (Å²) in [6.45, 7) is 6.31. The second-order valence-corrected chi connectivity index (χ2v) is 8.22. The van der Waals surface area contributed by atoms with E-state index in [2.05, 4.69) is 25.2 Å². The molecular weight excluding hydrogens is 342 g/mol. The molecule has 4 nitrogen and oxygen atoms in total. The van der Waals surface area contributed by atoms with Gasteiger partial charge in [-0.25, -0.2) is 4.98 Å². The molecule has 0 radical (unpaired) electrons. The Morgan fingerprint density at radius 2 is 2.12 bits per heavy atom. The molecule has 3 rings (SSSR count). The van der Waals surface area contributed by atoms with Crippen LogP contribution >= 0.6 is 11.8 Å². The van der Waals surface area contributed by atoms with Gasteiger partial charge in [-0.05, 0) is 49.8 Å². The lowest BCUT2D eigenvalue weighted by Gasteiger charge is -2.29. The van der Waals surface area contributed by atoms with Crippen LogP contribution in [0.5, 0.6) is 0 Å². The van der Waals surface area contributed by atoms with Crippen LogP contribution in [-0.4, -0.2) is 22.7 Å². The van der Waals surface area contributed by atoms with Crippen LogP contribution in [0.1, 0.15) is 49.3 Å². The number of nitrogens with one attached hydrogen (secondary N) is 1. The standard InChI is InChI=1S/C21H25N3OS/c1-13-8-9-16-10-17(11-22)21(24-20(16)15(13)3)26-12-19(25)23-18-7-5-4-6-14(18)2/h8-10,14,18H,4-7,12H2,1-3H3,(H,23,25)/t14-,18-/m0/s1. The largest absolute Gasteiger partial charge is 0.352 e. The van der Waals surface area contributed by atoms with Crippen LogP contribution in [0.2, 0.25) is 0 Å². The summed E-state index contributed by atoms with van der Waals surface area (Å²) in [5, 5.41) is 14.2. The summed E-state index contributed by atoms with van der Waals surface area (Å²) in [6, 6.07) is 8.42. The lowest BCUT2D eigenvalue weighted by molar-refractivity contribution is -0.119. The second-order valence-electron chi connectivity index (χ2n) is 7.26. The van der Waals surface area contributed by atoms with E-state index < -0.39 is 0 Å². The predicted molar refractivity (Wildman–Crippen MR) is 106 cm³/mol. The Kier molecular flexibility index (Phi) is 5.83. The van der Waals surface area contributed by atoms with Crippen molar-refractivity contribution in [3.8, 4) is 6.07 Å². The molecule has 136 valence electrons. The molecule has 1 aromatic heterocycles. The van der Waals surface area contributed by atoms with Crippen molar-refractivity contribution in [2.24, 2.45) is 5.92 Å². The van der Waals surface area contributed by atoms with Crippen LogP contribution in [0.3, 0.4) is 0 Å². The lowest BCUT2D eigenvalue weighted by Crippen LogP contribution is -2.41. The van der Waals surface area contributed by atoms with Crippen molar-refractivity contribution in [3.63, 3.8) is 0 Å². The second kappa shape index (κ2) is 8.09. The highest BCUT2D eigenvalue weighted by Gasteiger charge is 2.23. The predicted octanol–water partition coefficient (Wildman–Crippen LogP) is 4.51. The number of hydrogen-bond acceptors (Lipinski definition) is 4. The van der Waals surface area contributed by atoms with Crippen molar-refractivity contribution in [1.82, 2.24) is 10.3 Å². The van der Waals surface area contributed by atoms with Crippen LogP contribution in [0, 0.1) is 31.1 Å². The Morgan fingerprint density at radius 1 is 1.35 bits per heavy atom. The molecule has 1 saturated carbocycles. The number of carbonyl (C=O) groups excluding carboxylic acids is 1. The molecular formula is C21H25N3OS. The molecule has 1 heterocycles. The number of hydrogen-bond donors (Lipinski definition) is 1. The summed E-state index contributed by atoms with van der Waals surface area (Å²) in [7, 11) is 0. The highest BCUT2D eigenvalue weighted by molar-refractivity contribution is 8.00. The smallest absolute Gasteiger partial charge is 0.230 e. The molecule has 2 aromatic rings. The van der Waals surface area contributed by atoms with Crippen molar-refractivity contribution < 1.29 is 4.79 Å². The van der Waals surface area contributed by atoms with E-state index in [1.54, 1.807) is 0 Å². The van der Waals surface area contributed by atoms with E-state index in [-0.39, 0.29) is 11.9 Å². The third-order valence-electron chi connectivity index (χ3n) is 5.39. The number of nitrogens with zero attached hydrogens (tertiary/aromatic N) is 2. The molecule has 0 saturated heterocycles. The molecule has 1 aliphatic carbocycles. The highest BCUT2D eigenvalue weighted by Crippen LogP contribution is 2.28. The molecule has 1 N–H and O–H groups in total.